The van der Waals surface area contributed by atoms with E-state index >= 15 is 0 Å². The van der Waals surface area contributed by atoms with Gasteiger partial charge in [0.25, 0.3) is 5.91 Å². The number of aryl methyl sites for hydroxylation is 1. The number of rotatable bonds is 4. The summed E-state index contributed by atoms with van der Waals surface area (Å²) in [4.78, 5) is 15.6. The summed E-state index contributed by atoms with van der Waals surface area (Å²) in [5, 5.41) is 3.79. The average Bonchev–Trinajstić information content (AvgIpc) is 3.10. The second-order valence-electron chi connectivity index (χ2n) is 8.87. The van der Waals surface area contributed by atoms with Crippen molar-refractivity contribution in [3.05, 3.63) is 89.5 Å². The van der Waals surface area contributed by atoms with Gasteiger partial charge in [0.1, 0.15) is 0 Å². The third-order valence-electron chi connectivity index (χ3n) is 6.81. The van der Waals surface area contributed by atoms with Crippen LogP contribution in [-0.4, -0.2) is 32.2 Å². The molecule has 0 bridgehead atoms. The zero-order valence-corrected chi connectivity index (χ0v) is 19.9. The van der Waals surface area contributed by atoms with Crippen LogP contribution in [-0.2, 0) is 6.42 Å². The molecule has 2 heterocycles. The van der Waals surface area contributed by atoms with Crippen molar-refractivity contribution in [3.63, 3.8) is 0 Å². The lowest BCUT2D eigenvalue weighted by Crippen LogP contribution is -2.41. The largest absolute Gasteiger partial charge is 0.493 e. The van der Waals surface area contributed by atoms with Crippen molar-refractivity contribution in [3.8, 4) is 11.5 Å². The van der Waals surface area contributed by atoms with Gasteiger partial charge in [0.15, 0.2) is 11.5 Å². The van der Waals surface area contributed by atoms with Gasteiger partial charge in [-0.3, -0.25) is 4.79 Å². The van der Waals surface area contributed by atoms with Crippen molar-refractivity contribution in [1.82, 2.24) is 0 Å². The fourth-order valence-corrected chi connectivity index (χ4v) is 5.15. The number of anilines is 2. The first-order valence-electron chi connectivity index (χ1n) is 11.8. The Morgan fingerprint density at radius 1 is 0.971 bits per heavy atom. The summed E-state index contributed by atoms with van der Waals surface area (Å²) in [6.07, 6.45) is 5.49. The summed E-state index contributed by atoms with van der Waals surface area (Å²) in [5.74, 6) is 1.09. The molecule has 2 aliphatic rings. The van der Waals surface area contributed by atoms with E-state index in [1.165, 1.54) is 16.8 Å². The molecule has 2 unspecified atom stereocenters. The maximum absolute atomic E-state index is 13.7. The number of ether oxygens (including phenoxy) is 2. The van der Waals surface area contributed by atoms with Gasteiger partial charge in [0.05, 0.1) is 32.0 Å². The Hall–Kier alpha value is -3.73. The number of fused-ring (bicyclic) bond motifs is 2. The fraction of sp³-hybridized carbons (Fsp3) is 0.276. The maximum atomic E-state index is 13.7. The molecule has 174 valence electrons. The minimum absolute atomic E-state index is 0.0598. The van der Waals surface area contributed by atoms with Crippen LogP contribution in [0.5, 0.6) is 11.5 Å². The number of para-hydroxylation sites is 2. The van der Waals surface area contributed by atoms with Crippen LogP contribution in [0.25, 0.3) is 5.57 Å². The van der Waals surface area contributed by atoms with Crippen LogP contribution < -0.4 is 19.7 Å². The Balaban J connectivity index is 1.51. The number of hydrogen-bond acceptors (Lipinski definition) is 4. The molecular weight excluding hydrogens is 424 g/mol. The van der Waals surface area contributed by atoms with Gasteiger partial charge in [0.2, 0.25) is 0 Å². The Bertz CT molecular complexity index is 1250. The highest BCUT2D eigenvalue weighted by Gasteiger charge is 2.32. The Morgan fingerprint density at radius 3 is 2.56 bits per heavy atom. The predicted molar refractivity (Wildman–Crippen MR) is 137 cm³/mol. The summed E-state index contributed by atoms with van der Waals surface area (Å²) >= 11 is 0. The number of nitrogens with zero attached hydrogens (tertiary/aromatic N) is 1. The summed E-state index contributed by atoms with van der Waals surface area (Å²) in [6.45, 7) is 2.08. The molecule has 0 spiro atoms. The van der Waals surface area contributed by atoms with Crippen LogP contribution in [0.15, 0.2) is 72.8 Å². The van der Waals surface area contributed by atoms with E-state index in [4.69, 9.17) is 9.47 Å². The average molecular weight is 455 g/mol. The van der Waals surface area contributed by atoms with Gasteiger partial charge in [-0.1, -0.05) is 42.5 Å². The summed E-state index contributed by atoms with van der Waals surface area (Å²) in [5.41, 5.74) is 6.44. The van der Waals surface area contributed by atoms with Crippen LogP contribution in [0, 0.1) is 0 Å². The zero-order valence-electron chi connectivity index (χ0n) is 19.9. The molecule has 1 N–H and O–H groups in total. The van der Waals surface area contributed by atoms with E-state index in [0.29, 0.717) is 17.1 Å². The van der Waals surface area contributed by atoms with Gasteiger partial charge >= 0.3 is 0 Å². The van der Waals surface area contributed by atoms with Gasteiger partial charge in [0, 0.05) is 16.8 Å². The first-order chi connectivity index (χ1) is 16.6. The normalized spacial score (nSPS) is 19.1. The quantitative estimate of drug-likeness (QED) is 0.529. The molecule has 0 radical (unpaired) electrons. The van der Waals surface area contributed by atoms with E-state index in [1.807, 2.05) is 23.1 Å². The highest BCUT2D eigenvalue weighted by Crippen LogP contribution is 2.40. The Labute approximate surface area is 201 Å². The topological polar surface area (TPSA) is 50.8 Å². The summed E-state index contributed by atoms with van der Waals surface area (Å²) < 4.78 is 10.8. The maximum Gasteiger partial charge on any atom is 0.258 e. The van der Waals surface area contributed by atoms with E-state index in [0.717, 1.165) is 30.5 Å². The lowest BCUT2D eigenvalue weighted by Gasteiger charge is -2.37. The van der Waals surface area contributed by atoms with Gasteiger partial charge < -0.3 is 19.7 Å². The van der Waals surface area contributed by atoms with E-state index in [2.05, 4.69) is 48.6 Å². The van der Waals surface area contributed by atoms with Gasteiger partial charge in [-0.05, 0) is 67.7 Å². The number of nitrogens with one attached hydrogen (secondary N) is 1. The molecule has 0 saturated carbocycles. The number of hydrogen-bond donors (Lipinski definition) is 1. The molecule has 34 heavy (non-hydrogen) atoms. The minimum atomic E-state index is -0.0919. The van der Waals surface area contributed by atoms with Crippen molar-refractivity contribution in [1.29, 1.82) is 0 Å². The fourth-order valence-electron chi connectivity index (χ4n) is 5.15. The second-order valence-corrected chi connectivity index (χ2v) is 8.87. The van der Waals surface area contributed by atoms with Crippen molar-refractivity contribution in [2.45, 2.75) is 38.3 Å². The van der Waals surface area contributed by atoms with Crippen LogP contribution >= 0.6 is 0 Å². The zero-order chi connectivity index (χ0) is 23.7. The van der Waals surface area contributed by atoms with Crippen LogP contribution in [0.3, 0.4) is 0 Å². The highest BCUT2D eigenvalue weighted by atomic mass is 16.5. The standard InChI is InChI=1S/C29H30N2O3/c1-19-17-23(25-13-8-10-20-9-4-6-12-24(20)30-25)22-11-5-7-14-26(22)31(19)29(32)21-15-16-27(33-2)28(18-21)34-3/h4-7,9,11-12,14-19,25,30H,8,10,13H2,1-3H3. The van der Waals surface area contributed by atoms with E-state index < -0.39 is 0 Å². The molecule has 3 aromatic carbocycles. The molecular formula is C29H30N2O3. The molecule has 5 rings (SSSR count). The van der Waals surface area contributed by atoms with Gasteiger partial charge in [-0.2, -0.15) is 0 Å². The molecule has 0 aliphatic carbocycles. The van der Waals surface area contributed by atoms with Crippen LogP contribution in [0.4, 0.5) is 11.4 Å². The summed E-state index contributed by atoms with van der Waals surface area (Å²) in [7, 11) is 3.17. The van der Waals surface area contributed by atoms with Crippen molar-refractivity contribution >= 4 is 22.9 Å². The third kappa shape index (κ3) is 3.92. The molecule has 1 amide bonds. The number of amides is 1. The second kappa shape index (κ2) is 9.26. The number of carbonyl (C=O) groups is 1. The van der Waals surface area contributed by atoms with Crippen molar-refractivity contribution < 1.29 is 14.3 Å². The predicted octanol–water partition coefficient (Wildman–Crippen LogP) is 5.95. The van der Waals surface area contributed by atoms with Gasteiger partial charge in [-0.25, -0.2) is 0 Å². The minimum Gasteiger partial charge on any atom is -0.493 e. The first-order valence-corrected chi connectivity index (χ1v) is 11.8. The third-order valence-corrected chi connectivity index (χ3v) is 6.81. The molecule has 0 fully saturated rings. The first kappa shape index (κ1) is 22.1. The number of benzene rings is 3. The molecule has 0 saturated heterocycles. The smallest absolute Gasteiger partial charge is 0.258 e. The number of carbonyl (C=O) groups excluding carboxylic acids is 1. The molecule has 2 aliphatic heterocycles. The molecule has 2 atom stereocenters. The van der Waals surface area contributed by atoms with Crippen LogP contribution in [0.1, 0.15) is 41.3 Å². The Morgan fingerprint density at radius 2 is 1.74 bits per heavy atom. The molecule has 5 heteroatoms. The number of methoxy groups -OCH3 is 2. The Kier molecular flexibility index (Phi) is 6.01. The monoisotopic (exact) mass is 454 g/mol. The van der Waals surface area contributed by atoms with E-state index in [9.17, 15) is 4.79 Å². The SMILES string of the molecule is COc1ccc(C(=O)N2c3ccccc3C(C3CCCc4ccccc4N3)=CC2C)cc1OC. The van der Waals surface area contributed by atoms with Crippen molar-refractivity contribution in [2.24, 2.45) is 0 Å². The molecule has 0 aromatic heterocycles. The van der Waals surface area contributed by atoms with Crippen molar-refractivity contribution in [2.75, 3.05) is 24.4 Å². The summed E-state index contributed by atoms with van der Waals surface area (Å²) in [6, 6.07) is 22.2. The lowest BCUT2D eigenvalue weighted by molar-refractivity contribution is 0.0982. The van der Waals surface area contributed by atoms with Gasteiger partial charge in [-0.15, -0.1) is 0 Å². The van der Waals surface area contributed by atoms with E-state index in [-0.39, 0.29) is 18.0 Å². The molecule has 3 aromatic rings. The lowest BCUT2D eigenvalue weighted by atomic mass is 9.88. The van der Waals surface area contributed by atoms with Crippen LogP contribution in [0.2, 0.25) is 0 Å². The van der Waals surface area contributed by atoms with E-state index in [1.54, 1.807) is 32.4 Å². The highest BCUT2D eigenvalue weighted by molar-refractivity contribution is 6.09. The molecule has 5 nitrogen and oxygen atoms in total.